The van der Waals surface area contributed by atoms with Gasteiger partial charge in [-0.25, -0.2) is 0 Å². The van der Waals surface area contributed by atoms with Crippen LogP contribution in [0.25, 0.3) is 22.5 Å². The SMILES string of the molecule is N#Cc1ccc(-c2cc(-c3cccnc3)n[nH]2)cc1. The number of nitrogens with one attached hydrogen (secondary N) is 1. The molecule has 0 aliphatic rings. The minimum atomic E-state index is 0.649. The lowest BCUT2D eigenvalue weighted by Gasteiger charge is -1.96. The van der Waals surface area contributed by atoms with Crippen LogP contribution in [0.3, 0.4) is 0 Å². The molecule has 19 heavy (non-hydrogen) atoms. The Morgan fingerprint density at radius 1 is 1.05 bits per heavy atom. The molecule has 90 valence electrons. The molecule has 0 bridgehead atoms. The third kappa shape index (κ3) is 2.22. The summed E-state index contributed by atoms with van der Waals surface area (Å²) in [6.45, 7) is 0. The summed E-state index contributed by atoms with van der Waals surface area (Å²) in [5.41, 5.74) is 4.40. The molecule has 0 saturated carbocycles. The van der Waals surface area contributed by atoms with Gasteiger partial charge in [0, 0.05) is 18.0 Å². The first-order valence-electron chi connectivity index (χ1n) is 5.83. The van der Waals surface area contributed by atoms with Crippen molar-refractivity contribution in [2.45, 2.75) is 0 Å². The van der Waals surface area contributed by atoms with Crippen molar-refractivity contribution < 1.29 is 0 Å². The molecular weight excluding hydrogens is 236 g/mol. The molecule has 1 N–H and O–H groups in total. The van der Waals surface area contributed by atoms with E-state index in [1.165, 1.54) is 0 Å². The van der Waals surface area contributed by atoms with Gasteiger partial charge in [0.15, 0.2) is 0 Å². The summed E-state index contributed by atoms with van der Waals surface area (Å²) >= 11 is 0. The molecule has 0 atom stereocenters. The minimum absolute atomic E-state index is 0.649. The molecule has 3 aromatic rings. The summed E-state index contributed by atoms with van der Waals surface area (Å²) in [5.74, 6) is 0. The van der Waals surface area contributed by atoms with E-state index in [0.29, 0.717) is 5.56 Å². The molecule has 0 unspecified atom stereocenters. The third-order valence-corrected chi connectivity index (χ3v) is 2.86. The van der Waals surface area contributed by atoms with Crippen molar-refractivity contribution in [3.05, 3.63) is 60.4 Å². The molecule has 0 fully saturated rings. The highest BCUT2D eigenvalue weighted by atomic mass is 15.1. The molecule has 4 heteroatoms. The highest BCUT2D eigenvalue weighted by molar-refractivity contribution is 5.67. The van der Waals surface area contributed by atoms with Gasteiger partial charge >= 0.3 is 0 Å². The van der Waals surface area contributed by atoms with E-state index < -0.39 is 0 Å². The maximum Gasteiger partial charge on any atom is 0.0991 e. The Morgan fingerprint density at radius 2 is 1.89 bits per heavy atom. The molecule has 0 aliphatic carbocycles. The molecule has 0 amide bonds. The minimum Gasteiger partial charge on any atom is -0.277 e. The maximum atomic E-state index is 8.77. The molecule has 0 aliphatic heterocycles. The zero-order valence-corrected chi connectivity index (χ0v) is 10.0. The molecule has 2 heterocycles. The van der Waals surface area contributed by atoms with Gasteiger partial charge in [0.2, 0.25) is 0 Å². The van der Waals surface area contributed by atoms with Crippen LogP contribution in [0.15, 0.2) is 54.9 Å². The molecular formula is C15H10N4. The lowest BCUT2D eigenvalue weighted by atomic mass is 10.1. The van der Waals surface area contributed by atoms with Gasteiger partial charge in [0.25, 0.3) is 0 Å². The van der Waals surface area contributed by atoms with Gasteiger partial charge in [0.1, 0.15) is 0 Å². The molecule has 1 aromatic carbocycles. The van der Waals surface area contributed by atoms with Crippen LogP contribution < -0.4 is 0 Å². The largest absolute Gasteiger partial charge is 0.277 e. The number of H-pyrrole nitrogens is 1. The van der Waals surface area contributed by atoms with Crippen LogP contribution in [0.1, 0.15) is 5.56 Å². The predicted molar refractivity (Wildman–Crippen MR) is 72.0 cm³/mol. The van der Waals surface area contributed by atoms with Gasteiger partial charge in [-0.05, 0) is 35.9 Å². The monoisotopic (exact) mass is 246 g/mol. The topological polar surface area (TPSA) is 65.4 Å². The third-order valence-electron chi connectivity index (χ3n) is 2.86. The number of hydrogen-bond acceptors (Lipinski definition) is 3. The lowest BCUT2D eigenvalue weighted by Crippen LogP contribution is -1.79. The van der Waals surface area contributed by atoms with Crippen molar-refractivity contribution in [3.63, 3.8) is 0 Å². The molecule has 0 spiro atoms. The highest BCUT2D eigenvalue weighted by Gasteiger charge is 2.05. The van der Waals surface area contributed by atoms with Crippen LogP contribution in [0.2, 0.25) is 0 Å². The summed E-state index contributed by atoms with van der Waals surface area (Å²) in [6, 6.07) is 15.3. The van der Waals surface area contributed by atoms with Crippen molar-refractivity contribution in [2.24, 2.45) is 0 Å². The Labute approximate surface area is 110 Å². The first-order valence-corrected chi connectivity index (χ1v) is 5.83. The quantitative estimate of drug-likeness (QED) is 0.755. The smallest absolute Gasteiger partial charge is 0.0991 e. The van der Waals surface area contributed by atoms with Crippen LogP contribution in [0, 0.1) is 11.3 Å². The van der Waals surface area contributed by atoms with Crippen molar-refractivity contribution in [3.8, 4) is 28.6 Å². The number of nitrogens with zero attached hydrogens (tertiary/aromatic N) is 3. The molecule has 0 saturated heterocycles. The number of rotatable bonds is 2. The summed E-state index contributed by atoms with van der Waals surface area (Å²) in [5, 5.41) is 16.0. The van der Waals surface area contributed by atoms with Gasteiger partial charge < -0.3 is 0 Å². The Bertz CT molecular complexity index is 721. The second kappa shape index (κ2) is 4.75. The number of benzene rings is 1. The summed E-state index contributed by atoms with van der Waals surface area (Å²) < 4.78 is 0. The maximum absolute atomic E-state index is 8.77. The van der Waals surface area contributed by atoms with E-state index in [1.54, 1.807) is 24.5 Å². The Balaban J connectivity index is 1.95. The van der Waals surface area contributed by atoms with E-state index in [-0.39, 0.29) is 0 Å². The Kier molecular flexibility index (Phi) is 2.79. The standard InChI is InChI=1S/C15H10N4/c16-9-11-3-5-12(6-4-11)14-8-15(19-18-14)13-2-1-7-17-10-13/h1-8,10H,(H,18,19). The second-order valence-corrected chi connectivity index (χ2v) is 4.10. The van der Waals surface area contributed by atoms with Crippen LogP contribution in [-0.2, 0) is 0 Å². The van der Waals surface area contributed by atoms with Crippen LogP contribution in [0.5, 0.6) is 0 Å². The zero-order chi connectivity index (χ0) is 13.1. The van der Waals surface area contributed by atoms with E-state index in [9.17, 15) is 0 Å². The summed E-state index contributed by atoms with van der Waals surface area (Å²) in [4.78, 5) is 4.08. The van der Waals surface area contributed by atoms with E-state index in [1.807, 2.05) is 30.3 Å². The lowest BCUT2D eigenvalue weighted by molar-refractivity contribution is 1.10. The molecule has 4 nitrogen and oxygen atoms in total. The average Bonchev–Trinajstić information content (AvgIpc) is 2.98. The number of hydrogen-bond donors (Lipinski definition) is 1. The van der Waals surface area contributed by atoms with E-state index in [2.05, 4.69) is 21.3 Å². The fourth-order valence-electron chi connectivity index (χ4n) is 1.86. The summed E-state index contributed by atoms with van der Waals surface area (Å²) in [7, 11) is 0. The molecule has 2 aromatic heterocycles. The van der Waals surface area contributed by atoms with Crippen molar-refractivity contribution in [1.82, 2.24) is 15.2 Å². The van der Waals surface area contributed by atoms with Gasteiger partial charge in [-0.15, -0.1) is 0 Å². The fourth-order valence-corrected chi connectivity index (χ4v) is 1.86. The Morgan fingerprint density at radius 3 is 2.58 bits per heavy atom. The molecule has 3 rings (SSSR count). The number of pyridine rings is 1. The number of nitriles is 1. The molecule has 0 radical (unpaired) electrons. The van der Waals surface area contributed by atoms with Gasteiger partial charge in [-0.3, -0.25) is 10.1 Å². The first kappa shape index (κ1) is 11.2. The van der Waals surface area contributed by atoms with Crippen LogP contribution in [0.4, 0.5) is 0 Å². The fraction of sp³-hybridized carbons (Fsp3) is 0. The van der Waals surface area contributed by atoms with Crippen LogP contribution in [-0.4, -0.2) is 15.2 Å². The van der Waals surface area contributed by atoms with Crippen molar-refractivity contribution >= 4 is 0 Å². The average molecular weight is 246 g/mol. The van der Waals surface area contributed by atoms with Gasteiger partial charge in [-0.2, -0.15) is 10.4 Å². The predicted octanol–water partition coefficient (Wildman–Crippen LogP) is 3.01. The summed E-state index contributed by atoms with van der Waals surface area (Å²) in [6.07, 6.45) is 3.51. The van der Waals surface area contributed by atoms with Gasteiger partial charge in [-0.1, -0.05) is 12.1 Å². The Hall–Kier alpha value is -2.93. The van der Waals surface area contributed by atoms with E-state index in [4.69, 9.17) is 5.26 Å². The zero-order valence-electron chi connectivity index (χ0n) is 10.0. The first-order chi connectivity index (χ1) is 9.36. The van der Waals surface area contributed by atoms with E-state index >= 15 is 0 Å². The van der Waals surface area contributed by atoms with E-state index in [0.717, 1.165) is 22.5 Å². The second-order valence-electron chi connectivity index (χ2n) is 4.10. The van der Waals surface area contributed by atoms with Crippen molar-refractivity contribution in [2.75, 3.05) is 0 Å². The van der Waals surface area contributed by atoms with Gasteiger partial charge in [0.05, 0.1) is 23.0 Å². The van der Waals surface area contributed by atoms with Crippen LogP contribution >= 0.6 is 0 Å². The number of aromatic nitrogens is 3. The number of aromatic amines is 1. The normalized spacial score (nSPS) is 10.1. The highest BCUT2D eigenvalue weighted by Crippen LogP contribution is 2.23. The van der Waals surface area contributed by atoms with Crippen molar-refractivity contribution in [1.29, 1.82) is 5.26 Å².